The van der Waals surface area contributed by atoms with Crippen LogP contribution in [0.25, 0.3) is 0 Å². The molecule has 2 rings (SSSR count). The average molecular weight is 284 g/mol. The van der Waals surface area contributed by atoms with Crippen LogP contribution in [-0.2, 0) is 0 Å². The van der Waals surface area contributed by atoms with Gasteiger partial charge in [-0.15, -0.1) is 0 Å². The summed E-state index contributed by atoms with van der Waals surface area (Å²) >= 11 is 0. The van der Waals surface area contributed by atoms with E-state index in [-0.39, 0.29) is 5.91 Å². The van der Waals surface area contributed by atoms with E-state index in [9.17, 15) is 4.79 Å². The minimum atomic E-state index is -0.116. The lowest BCUT2D eigenvalue weighted by Crippen LogP contribution is -2.22. The van der Waals surface area contributed by atoms with Crippen molar-refractivity contribution in [1.82, 2.24) is 4.90 Å². The number of hydrogen-bond donors (Lipinski definition) is 1. The molecule has 0 saturated carbocycles. The Morgan fingerprint density at radius 2 is 1.76 bits per heavy atom. The molecule has 21 heavy (non-hydrogen) atoms. The lowest BCUT2D eigenvalue weighted by molar-refractivity contribution is 0.0825. The molecule has 0 atom stereocenters. The minimum Gasteiger partial charge on any atom is -0.456 e. The zero-order valence-electron chi connectivity index (χ0n) is 12.8. The largest absolute Gasteiger partial charge is 0.456 e. The second-order valence-electron chi connectivity index (χ2n) is 5.33. The molecule has 0 aliphatic heterocycles. The van der Waals surface area contributed by atoms with Crippen molar-refractivity contribution >= 4 is 11.6 Å². The van der Waals surface area contributed by atoms with Gasteiger partial charge in [-0.1, -0.05) is 17.7 Å². The van der Waals surface area contributed by atoms with Crippen molar-refractivity contribution in [3.8, 4) is 11.5 Å². The summed E-state index contributed by atoms with van der Waals surface area (Å²) in [7, 11) is 3.42. The number of carbonyl (C=O) groups excluding carboxylic acids is 1. The number of amides is 1. The van der Waals surface area contributed by atoms with Gasteiger partial charge in [0.25, 0.3) is 5.91 Å². The Hall–Kier alpha value is -2.49. The van der Waals surface area contributed by atoms with Crippen molar-refractivity contribution in [2.45, 2.75) is 13.8 Å². The predicted molar refractivity (Wildman–Crippen MR) is 84.9 cm³/mol. The van der Waals surface area contributed by atoms with E-state index < -0.39 is 0 Å². The molecule has 2 N–H and O–H groups in total. The molecule has 0 heterocycles. The number of nitrogens with two attached hydrogens (primary N) is 1. The van der Waals surface area contributed by atoms with Crippen LogP contribution in [0.2, 0.25) is 0 Å². The van der Waals surface area contributed by atoms with Gasteiger partial charge in [0.05, 0.1) is 5.56 Å². The molecule has 0 unspecified atom stereocenters. The maximum Gasteiger partial charge on any atom is 0.257 e. The quantitative estimate of drug-likeness (QED) is 0.879. The maximum absolute atomic E-state index is 12.2. The highest BCUT2D eigenvalue weighted by Gasteiger charge is 2.16. The Bertz CT molecular complexity index is 678. The highest BCUT2D eigenvalue weighted by molar-refractivity contribution is 5.97. The molecule has 2 aromatic carbocycles. The molecule has 0 bridgehead atoms. The average Bonchev–Trinajstić information content (AvgIpc) is 2.41. The van der Waals surface area contributed by atoms with Crippen LogP contribution in [0.1, 0.15) is 21.5 Å². The fraction of sp³-hybridized carbons (Fsp3) is 0.235. The molecule has 2 aromatic rings. The van der Waals surface area contributed by atoms with Crippen molar-refractivity contribution < 1.29 is 9.53 Å². The molecule has 0 fully saturated rings. The maximum atomic E-state index is 12.2. The summed E-state index contributed by atoms with van der Waals surface area (Å²) in [5, 5.41) is 0. The van der Waals surface area contributed by atoms with Gasteiger partial charge in [-0.2, -0.15) is 0 Å². The molecule has 0 radical (unpaired) electrons. The summed E-state index contributed by atoms with van der Waals surface area (Å²) in [6.45, 7) is 4.00. The van der Waals surface area contributed by atoms with Gasteiger partial charge in [0.2, 0.25) is 0 Å². The molecular weight excluding hydrogens is 264 g/mol. The molecule has 0 aromatic heterocycles. The van der Waals surface area contributed by atoms with E-state index in [4.69, 9.17) is 10.5 Å². The van der Waals surface area contributed by atoms with Gasteiger partial charge in [-0.25, -0.2) is 0 Å². The molecule has 110 valence electrons. The summed E-state index contributed by atoms with van der Waals surface area (Å²) in [6, 6.07) is 11.0. The third-order valence-corrected chi connectivity index (χ3v) is 3.19. The molecule has 0 saturated heterocycles. The van der Waals surface area contributed by atoms with E-state index in [1.54, 1.807) is 32.3 Å². The lowest BCUT2D eigenvalue weighted by atomic mass is 10.1. The first-order valence-electron chi connectivity index (χ1n) is 6.75. The van der Waals surface area contributed by atoms with Gasteiger partial charge in [-0.3, -0.25) is 4.79 Å². The third kappa shape index (κ3) is 3.34. The molecular formula is C17H20N2O2. The summed E-state index contributed by atoms with van der Waals surface area (Å²) in [5.41, 5.74) is 9.05. The van der Waals surface area contributed by atoms with E-state index >= 15 is 0 Å². The smallest absolute Gasteiger partial charge is 0.257 e. The van der Waals surface area contributed by atoms with Gasteiger partial charge < -0.3 is 15.4 Å². The van der Waals surface area contributed by atoms with Crippen LogP contribution in [0.5, 0.6) is 11.5 Å². The van der Waals surface area contributed by atoms with Gasteiger partial charge in [0, 0.05) is 25.8 Å². The van der Waals surface area contributed by atoms with E-state index in [0.29, 0.717) is 17.0 Å². The number of benzene rings is 2. The van der Waals surface area contributed by atoms with E-state index in [2.05, 4.69) is 0 Å². The zero-order valence-corrected chi connectivity index (χ0v) is 12.8. The van der Waals surface area contributed by atoms with Crippen LogP contribution in [0.4, 0.5) is 5.69 Å². The Morgan fingerprint density at radius 1 is 1.05 bits per heavy atom. The van der Waals surface area contributed by atoms with Crippen molar-refractivity contribution in [3.63, 3.8) is 0 Å². The van der Waals surface area contributed by atoms with E-state index in [1.807, 2.05) is 32.0 Å². The van der Waals surface area contributed by atoms with Gasteiger partial charge in [-0.05, 0) is 37.6 Å². The summed E-state index contributed by atoms with van der Waals surface area (Å²) in [5.74, 6) is 1.08. The number of rotatable bonds is 3. The van der Waals surface area contributed by atoms with Gasteiger partial charge in [0.15, 0.2) is 0 Å². The standard InChI is InChI=1S/C17H20N2O2/c1-11-5-8-15(12(2)9-11)21-16-10-13(18)6-7-14(16)17(20)19(3)4/h5-10H,18H2,1-4H3. The van der Waals surface area contributed by atoms with Crippen LogP contribution in [0, 0.1) is 13.8 Å². The molecule has 4 heteroatoms. The SMILES string of the molecule is Cc1ccc(Oc2cc(N)ccc2C(=O)N(C)C)c(C)c1. The number of ether oxygens (including phenoxy) is 1. The lowest BCUT2D eigenvalue weighted by Gasteiger charge is -2.16. The predicted octanol–water partition coefficient (Wildman–Crippen LogP) is 3.38. The number of nitrogen functional groups attached to an aromatic ring is 1. The molecule has 0 spiro atoms. The van der Waals surface area contributed by atoms with E-state index in [0.717, 1.165) is 16.9 Å². The highest BCUT2D eigenvalue weighted by Crippen LogP contribution is 2.30. The summed E-state index contributed by atoms with van der Waals surface area (Å²) in [6.07, 6.45) is 0. The first-order valence-corrected chi connectivity index (χ1v) is 6.75. The van der Waals surface area contributed by atoms with Crippen LogP contribution >= 0.6 is 0 Å². The monoisotopic (exact) mass is 284 g/mol. The topological polar surface area (TPSA) is 55.6 Å². The zero-order chi connectivity index (χ0) is 15.6. The Labute approximate surface area is 125 Å². The van der Waals surface area contributed by atoms with Gasteiger partial charge in [0.1, 0.15) is 11.5 Å². The number of aryl methyl sites for hydroxylation is 2. The normalized spacial score (nSPS) is 10.3. The van der Waals surface area contributed by atoms with Crippen molar-refractivity contribution in [2.75, 3.05) is 19.8 Å². The first-order chi connectivity index (χ1) is 9.88. The molecule has 0 aliphatic carbocycles. The second kappa shape index (κ2) is 5.87. The molecule has 1 amide bonds. The fourth-order valence-electron chi connectivity index (χ4n) is 2.07. The molecule has 4 nitrogen and oxygen atoms in total. The number of anilines is 1. The Kier molecular flexibility index (Phi) is 4.17. The van der Waals surface area contributed by atoms with Crippen molar-refractivity contribution in [3.05, 3.63) is 53.1 Å². The van der Waals surface area contributed by atoms with Crippen molar-refractivity contribution in [1.29, 1.82) is 0 Å². The number of nitrogens with zero attached hydrogens (tertiary/aromatic N) is 1. The first kappa shape index (κ1) is 14.9. The van der Waals surface area contributed by atoms with Crippen molar-refractivity contribution in [2.24, 2.45) is 0 Å². The van der Waals surface area contributed by atoms with Gasteiger partial charge >= 0.3 is 0 Å². The molecule has 0 aliphatic rings. The Morgan fingerprint density at radius 3 is 2.38 bits per heavy atom. The summed E-state index contributed by atoms with van der Waals surface area (Å²) < 4.78 is 5.92. The minimum absolute atomic E-state index is 0.116. The highest BCUT2D eigenvalue weighted by atomic mass is 16.5. The van der Waals surface area contributed by atoms with Crippen LogP contribution in [-0.4, -0.2) is 24.9 Å². The Balaban J connectivity index is 2.43. The fourth-order valence-corrected chi connectivity index (χ4v) is 2.07. The second-order valence-corrected chi connectivity index (χ2v) is 5.33. The number of carbonyl (C=O) groups is 1. The van der Waals surface area contributed by atoms with Crippen LogP contribution < -0.4 is 10.5 Å². The van der Waals surface area contributed by atoms with E-state index in [1.165, 1.54) is 4.90 Å². The third-order valence-electron chi connectivity index (χ3n) is 3.19. The summed E-state index contributed by atoms with van der Waals surface area (Å²) in [4.78, 5) is 13.7. The van der Waals surface area contributed by atoms with Crippen LogP contribution in [0.3, 0.4) is 0 Å². The number of hydrogen-bond acceptors (Lipinski definition) is 3. The van der Waals surface area contributed by atoms with Crippen LogP contribution in [0.15, 0.2) is 36.4 Å².